The summed E-state index contributed by atoms with van der Waals surface area (Å²) in [5.41, 5.74) is 2.34. The van der Waals surface area contributed by atoms with Crippen LogP contribution in [0.1, 0.15) is 25.1 Å². The Labute approximate surface area is 116 Å². The average Bonchev–Trinajstić information content (AvgIpc) is 2.77. The van der Waals surface area contributed by atoms with Crippen LogP contribution >= 0.6 is 15.9 Å². The summed E-state index contributed by atoms with van der Waals surface area (Å²) in [6.45, 7) is 5.94. The fourth-order valence-electron chi connectivity index (χ4n) is 1.72. The van der Waals surface area contributed by atoms with Gasteiger partial charge in [0.15, 0.2) is 0 Å². The molecule has 0 aliphatic rings. The van der Waals surface area contributed by atoms with E-state index in [4.69, 9.17) is 0 Å². The first-order valence-electron chi connectivity index (χ1n) is 6.12. The van der Waals surface area contributed by atoms with E-state index < -0.39 is 0 Å². The van der Waals surface area contributed by atoms with Crippen molar-refractivity contribution in [3.05, 3.63) is 52.5 Å². The largest absolute Gasteiger partial charge is 0.333 e. The van der Waals surface area contributed by atoms with Crippen LogP contribution in [-0.4, -0.2) is 15.6 Å². The van der Waals surface area contributed by atoms with Gasteiger partial charge in [-0.15, -0.1) is 0 Å². The van der Waals surface area contributed by atoms with Crippen LogP contribution in [0.4, 0.5) is 0 Å². The number of hydrogen-bond donors (Lipinski definition) is 1. The van der Waals surface area contributed by atoms with Gasteiger partial charge in [0.05, 0.1) is 12.0 Å². The maximum absolute atomic E-state index is 4.40. The molecule has 2 aromatic rings. The Kier molecular flexibility index (Phi) is 4.55. The number of halogens is 1. The summed E-state index contributed by atoms with van der Waals surface area (Å²) in [7, 11) is 0. The van der Waals surface area contributed by atoms with Crippen molar-refractivity contribution in [2.24, 2.45) is 0 Å². The average molecular weight is 308 g/mol. The van der Waals surface area contributed by atoms with Gasteiger partial charge in [-0.05, 0) is 11.6 Å². The number of aromatic nitrogens is 2. The van der Waals surface area contributed by atoms with Crippen LogP contribution in [0.3, 0.4) is 0 Å². The molecule has 0 aliphatic carbocycles. The van der Waals surface area contributed by atoms with E-state index in [1.807, 2.05) is 12.4 Å². The summed E-state index contributed by atoms with van der Waals surface area (Å²) in [5.74, 6) is 0. The van der Waals surface area contributed by atoms with Crippen LogP contribution in [0.25, 0.3) is 0 Å². The van der Waals surface area contributed by atoms with Crippen molar-refractivity contribution in [3.8, 4) is 0 Å². The summed E-state index contributed by atoms with van der Waals surface area (Å²) in [6, 6.07) is 8.75. The SMILES string of the molecule is CC(C)NCc1cn(Cc2ccccc2Br)cn1. The topological polar surface area (TPSA) is 29.9 Å². The zero-order chi connectivity index (χ0) is 13.0. The molecule has 0 saturated carbocycles. The molecule has 0 radical (unpaired) electrons. The van der Waals surface area contributed by atoms with Gasteiger partial charge >= 0.3 is 0 Å². The lowest BCUT2D eigenvalue weighted by Gasteiger charge is -2.06. The Morgan fingerprint density at radius 1 is 1.33 bits per heavy atom. The highest BCUT2D eigenvalue weighted by Gasteiger charge is 2.02. The highest BCUT2D eigenvalue weighted by molar-refractivity contribution is 9.10. The first kappa shape index (κ1) is 13.3. The van der Waals surface area contributed by atoms with E-state index in [9.17, 15) is 0 Å². The van der Waals surface area contributed by atoms with Crippen LogP contribution in [-0.2, 0) is 13.1 Å². The Bertz CT molecular complexity index is 505. The summed E-state index contributed by atoms with van der Waals surface area (Å²) < 4.78 is 3.25. The quantitative estimate of drug-likeness (QED) is 0.919. The van der Waals surface area contributed by atoms with Crippen molar-refractivity contribution in [2.45, 2.75) is 33.0 Å². The molecule has 0 spiro atoms. The molecule has 96 valence electrons. The summed E-state index contributed by atoms with van der Waals surface area (Å²) >= 11 is 3.56. The summed E-state index contributed by atoms with van der Waals surface area (Å²) in [5, 5.41) is 3.37. The molecule has 4 heteroatoms. The van der Waals surface area contributed by atoms with E-state index in [-0.39, 0.29) is 0 Å². The minimum absolute atomic E-state index is 0.485. The van der Waals surface area contributed by atoms with Gasteiger partial charge in [0, 0.05) is 29.8 Å². The van der Waals surface area contributed by atoms with E-state index >= 15 is 0 Å². The number of imidazole rings is 1. The first-order valence-corrected chi connectivity index (χ1v) is 6.92. The Balaban J connectivity index is 2.00. The van der Waals surface area contributed by atoms with Gasteiger partial charge in [0.1, 0.15) is 0 Å². The van der Waals surface area contributed by atoms with Crippen molar-refractivity contribution >= 4 is 15.9 Å². The van der Waals surface area contributed by atoms with Gasteiger partial charge < -0.3 is 9.88 Å². The zero-order valence-corrected chi connectivity index (χ0v) is 12.3. The molecule has 0 unspecified atom stereocenters. The summed E-state index contributed by atoms with van der Waals surface area (Å²) in [4.78, 5) is 4.40. The van der Waals surface area contributed by atoms with E-state index in [1.165, 1.54) is 5.56 Å². The smallest absolute Gasteiger partial charge is 0.0953 e. The van der Waals surface area contributed by atoms with Crippen molar-refractivity contribution in [3.63, 3.8) is 0 Å². The van der Waals surface area contributed by atoms with Crippen molar-refractivity contribution in [2.75, 3.05) is 0 Å². The maximum Gasteiger partial charge on any atom is 0.0953 e. The first-order chi connectivity index (χ1) is 8.65. The number of rotatable bonds is 5. The Morgan fingerprint density at radius 2 is 2.11 bits per heavy atom. The molecular weight excluding hydrogens is 290 g/mol. The van der Waals surface area contributed by atoms with Crippen LogP contribution in [0.5, 0.6) is 0 Å². The number of benzene rings is 1. The number of hydrogen-bond acceptors (Lipinski definition) is 2. The molecule has 1 N–H and O–H groups in total. The lowest BCUT2D eigenvalue weighted by atomic mass is 10.2. The highest BCUT2D eigenvalue weighted by atomic mass is 79.9. The molecule has 0 bridgehead atoms. The minimum atomic E-state index is 0.485. The molecule has 0 fully saturated rings. The van der Waals surface area contributed by atoms with Crippen LogP contribution in [0.15, 0.2) is 41.3 Å². The Hall–Kier alpha value is -1.13. The molecule has 3 nitrogen and oxygen atoms in total. The summed E-state index contributed by atoms with van der Waals surface area (Å²) in [6.07, 6.45) is 3.98. The Morgan fingerprint density at radius 3 is 2.83 bits per heavy atom. The highest BCUT2D eigenvalue weighted by Crippen LogP contribution is 2.17. The van der Waals surface area contributed by atoms with E-state index in [0.29, 0.717) is 6.04 Å². The molecule has 1 aromatic carbocycles. The standard InChI is InChI=1S/C14H18BrN3/c1-11(2)16-7-13-9-18(10-17-13)8-12-5-3-4-6-14(12)15/h3-6,9-11,16H,7-8H2,1-2H3. The monoisotopic (exact) mass is 307 g/mol. The molecule has 1 heterocycles. The van der Waals surface area contributed by atoms with Crippen molar-refractivity contribution in [1.29, 1.82) is 0 Å². The second-order valence-electron chi connectivity index (χ2n) is 4.66. The fraction of sp³-hybridized carbons (Fsp3) is 0.357. The number of nitrogens with zero attached hydrogens (tertiary/aromatic N) is 2. The zero-order valence-electron chi connectivity index (χ0n) is 10.7. The normalized spacial score (nSPS) is 11.1. The molecule has 0 aliphatic heterocycles. The van der Waals surface area contributed by atoms with E-state index in [0.717, 1.165) is 23.3 Å². The van der Waals surface area contributed by atoms with E-state index in [2.05, 4.69) is 69.0 Å². The third-order valence-electron chi connectivity index (χ3n) is 2.69. The molecular formula is C14H18BrN3. The van der Waals surface area contributed by atoms with Gasteiger partial charge in [0.25, 0.3) is 0 Å². The molecule has 0 saturated heterocycles. The second-order valence-corrected chi connectivity index (χ2v) is 5.52. The van der Waals surface area contributed by atoms with Crippen LogP contribution in [0.2, 0.25) is 0 Å². The lowest BCUT2D eigenvalue weighted by molar-refractivity contribution is 0.582. The molecule has 2 rings (SSSR count). The third-order valence-corrected chi connectivity index (χ3v) is 3.46. The van der Waals surface area contributed by atoms with Gasteiger partial charge in [-0.2, -0.15) is 0 Å². The maximum atomic E-state index is 4.40. The molecule has 0 atom stereocenters. The van der Waals surface area contributed by atoms with Gasteiger partial charge in [-0.1, -0.05) is 48.0 Å². The molecule has 18 heavy (non-hydrogen) atoms. The predicted octanol–water partition coefficient (Wildman–Crippen LogP) is 3.19. The number of nitrogens with one attached hydrogen (secondary N) is 1. The van der Waals surface area contributed by atoms with Crippen LogP contribution in [0, 0.1) is 0 Å². The van der Waals surface area contributed by atoms with Gasteiger partial charge in [-0.3, -0.25) is 0 Å². The molecule has 0 amide bonds. The van der Waals surface area contributed by atoms with Crippen molar-refractivity contribution in [1.82, 2.24) is 14.9 Å². The van der Waals surface area contributed by atoms with Gasteiger partial charge in [-0.25, -0.2) is 4.98 Å². The lowest BCUT2D eigenvalue weighted by Crippen LogP contribution is -2.21. The minimum Gasteiger partial charge on any atom is -0.333 e. The van der Waals surface area contributed by atoms with Crippen molar-refractivity contribution < 1.29 is 0 Å². The fourth-order valence-corrected chi connectivity index (χ4v) is 2.13. The second kappa shape index (κ2) is 6.16. The molecule has 1 aromatic heterocycles. The third kappa shape index (κ3) is 3.68. The predicted molar refractivity (Wildman–Crippen MR) is 77.4 cm³/mol. The van der Waals surface area contributed by atoms with E-state index in [1.54, 1.807) is 0 Å². The van der Waals surface area contributed by atoms with Crippen LogP contribution < -0.4 is 5.32 Å². The van der Waals surface area contributed by atoms with Gasteiger partial charge in [0.2, 0.25) is 0 Å².